The van der Waals surface area contributed by atoms with E-state index >= 15 is 0 Å². The average molecular weight is 306 g/mol. The summed E-state index contributed by atoms with van der Waals surface area (Å²) in [6, 6.07) is 18.6. The molecular formula is C20H22N2O. The van der Waals surface area contributed by atoms with Crippen LogP contribution in [0.25, 0.3) is 10.9 Å². The van der Waals surface area contributed by atoms with Gasteiger partial charge in [0.1, 0.15) is 0 Å². The van der Waals surface area contributed by atoms with Gasteiger partial charge in [-0.25, -0.2) is 0 Å². The topological polar surface area (TPSA) is 44.9 Å². The van der Waals surface area contributed by atoms with Crippen LogP contribution in [0.3, 0.4) is 0 Å². The maximum absolute atomic E-state index is 12.3. The lowest BCUT2D eigenvalue weighted by Gasteiger charge is -2.13. The van der Waals surface area contributed by atoms with Gasteiger partial charge in [0.05, 0.1) is 6.42 Å². The Bertz CT molecular complexity index is 776. The minimum absolute atomic E-state index is 0.0790. The van der Waals surface area contributed by atoms with E-state index in [0.717, 1.165) is 29.3 Å². The van der Waals surface area contributed by atoms with E-state index in [1.165, 1.54) is 5.56 Å². The number of H-pyrrole nitrogens is 1. The molecule has 0 spiro atoms. The van der Waals surface area contributed by atoms with Crippen molar-refractivity contribution < 1.29 is 4.79 Å². The average Bonchev–Trinajstić information content (AvgIpc) is 2.97. The van der Waals surface area contributed by atoms with E-state index in [9.17, 15) is 4.79 Å². The zero-order chi connectivity index (χ0) is 16.1. The first-order chi connectivity index (χ1) is 11.2. The molecule has 1 unspecified atom stereocenters. The summed E-state index contributed by atoms with van der Waals surface area (Å²) >= 11 is 0. The zero-order valence-electron chi connectivity index (χ0n) is 13.4. The number of aromatic amines is 1. The van der Waals surface area contributed by atoms with Gasteiger partial charge in [-0.2, -0.15) is 0 Å². The molecule has 0 fully saturated rings. The smallest absolute Gasteiger partial charge is 0.224 e. The van der Waals surface area contributed by atoms with Gasteiger partial charge in [0.25, 0.3) is 0 Å². The summed E-state index contributed by atoms with van der Waals surface area (Å²) in [6.07, 6.45) is 4.28. The Hall–Kier alpha value is -2.55. The van der Waals surface area contributed by atoms with Crippen molar-refractivity contribution in [2.75, 3.05) is 0 Å². The van der Waals surface area contributed by atoms with E-state index in [4.69, 9.17) is 0 Å². The van der Waals surface area contributed by atoms with Crippen molar-refractivity contribution in [2.45, 2.75) is 32.2 Å². The molecule has 118 valence electrons. The van der Waals surface area contributed by atoms with Gasteiger partial charge in [-0.05, 0) is 37.0 Å². The van der Waals surface area contributed by atoms with E-state index < -0.39 is 0 Å². The SMILES string of the molecule is CC(CCc1ccccc1)NC(=O)Cc1c[nH]c2ccccc12. The molecule has 1 amide bonds. The Kier molecular flexibility index (Phi) is 4.77. The first-order valence-electron chi connectivity index (χ1n) is 8.10. The molecule has 3 aromatic rings. The van der Waals surface area contributed by atoms with Crippen molar-refractivity contribution >= 4 is 16.8 Å². The van der Waals surface area contributed by atoms with Crippen LogP contribution in [0.4, 0.5) is 0 Å². The zero-order valence-corrected chi connectivity index (χ0v) is 13.4. The van der Waals surface area contributed by atoms with E-state index in [1.54, 1.807) is 0 Å². The van der Waals surface area contributed by atoms with Crippen LogP contribution in [0.5, 0.6) is 0 Å². The number of aryl methyl sites for hydroxylation is 1. The third-order valence-electron chi connectivity index (χ3n) is 4.14. The lowest BCUT2D eigenvalue weighted by Crippen LogP contribution is -2.34. The fourth-order valence-corrected chi connectivity index (χ4v) is 2.88. The van der Waals surface area contributed by atoms with Crippen LogP contribution in [0.1, 0.15) is 24.5 Å². The van der Waals surface area contributed by atoms with Crippen molar-refractivity contribution in [1.82, 2.24) is 10.3 Å². The van der Waals surface area contributed by atoms with Crippen molar-refractivity contribution in [2.24, 2.45) is 0 Å². The molecular weight excluding hydrogens is 284 g/mol. The molecule has 0 bridgehead atoms. The highest BCUT2D eigenvalue weighted by Crippen LogP contribution is 2.18. The van der Waals surface area contributed by atoms with Crippen LogP contribution in [0.2, 0.25) is 0 Å². The molecule has 3 rings (SSSR count). The molecule has 0 aliphatic carbocycles. The number of fused-ring (bicyclic) bond motifs is 1. The molecule has 2 aromatic carbocycles. The largest absolute Gasteiger partial charge is 0.361 e. The number of aromatic nitrogens is 1. The van der Waals surface area contributed by atoms with Crippen LogP contribution in [-0.4, -0.2) is 16.9 Å². The lowest BCUT2D eigenvalue weighted by atomic mass is 10.1. The maximum Gasteiger partial charge on any atom is 0.224 e. The fourth-order valence-electron chi connectivity index (χ4n) is 2.88. The highest BCUT2D eigenvalue weighted by molar-refractivity contribution is 5.88. The fraction of sp³-hybridized carbons (Fsp3) is 0.250. The molecule has 0 aliphatic heterocycles. The molecule has 0 radical (unpaired) electrons. The molecule has 3 heteroatoms. The van der Waals surface area contributed by atoms with Gasteiger partial charge in [-0.3, -0.25) is 4.79 Å². The number of carbonyl (C=O) groups excluding carboxylic acids is 1. The summed E-state index contributed by atoms with van der Waals surface area (Å²) in [6.45, 7) is 2.07. The molecule has 2 N–H and O–H groups in total. The number of hydrogen-bond acceptors (Lipinski definition) is 1. The monoisotopic (exact) mass is 306 g/mol. The van der Waals surface area contributed by atoms with Crippen LogP contribution in [-0.2, 0) is 17.6 Å². The van der Waals surface area contributed by atoms with Gasteiger partial charge in [0.2, 0.25) is 5.91 Å². The predicted octanol–water partition coefficient (Wildman–Crippen LogP) is 3.85. The molecule has 0 saturated carbocycles. The van der Waals surface area contributed by atoms with Crippen molar-refractivity contribution in [1.29, 1.82) is 0 Å². The minimum Gasteiger partial charge on any atom is -0.361 e. The number of para-hydroxylation sites is 1. The maximum atomic E-state index is 12.3. The third kappa shape index (κ3) is 4.01. The predicted molar refractivity (Wildman–Crippen MR) is 94.4 cm³/mol. The summed E-state index contributed by atoms with van der Waals surface area (Å²) in [5.74, 6) is 0.0790. The first-order valence-corrected chi connectivity index (χ1v) is 8.10. The van der Waals surface area contributed by atoms with Crippen molar-refractivity contribution in [3.8, 4) is 0 Å². The van der Waals surface area contributed by atoms with Gasteiger partial charge in [-0.15, -0.1) is 0 Å². The summed E-state index contributed by atoms with van der Waals surface area (Å²) < 4.78 is 0. The molecule has 0 aliphatic rings. The molecule has 23 heavy (non-hydrogen) atoms. The van der Waals surface area contributed by atoms with Crippen LogP contribution < -0.4 is 5.32 Å². The number of nitrogens with one attached hydrogen (secondary N) is 2. The number of carbonyl (C=O) groups is 1. The normalized spacial score (nSPS) is 12.2. The Balaban J connectivity index is 1.52. The van der Waals surface area contributed by atoms with Crippen LogP contribution in [0, 0.1) is 0 Å². The standard InChI is InChI=1S/C20H22N2O/c1-15(11-12-16-7-3-2-4-8-16)22-20(23)13-17-14-21-19-10-6-5-9-18(17)19/h2-10,14-15,21H,11-13H2,1H3,(H,22,23). The second-order valence-corrected chi connectivity index (χ2v) is 6.03. The number of rotatable bonds is 6. The Morgan fingerprint density at radius 2 is 1.83 bits per heavy atom. The van der Waals surface area contributed by atoms with Gasteiger partial charge >= 0.3 is 0 Å². The number of hydrogen-bond donors (Lipinski definition) is 2. The Labute approximate surface area is 136 Å². The van der Waals surface area contributed by atoms with E-state index in [-0.39, 0.29) is 11.9 Å². The van der Waals surface area contributed by atoms with Gasteiger partial charge in [0, 0.05) is 23.1 Å². The molecule has 0 saturated heterocycles. The summed E-state index contributed by atoms with van der Waals surface area (Å²) in [5, 5.41) is 4.22. The van der Waals surface area contributed by atoms with Gasteiger partial charge < -0.3 is 10.3 Å². The van der Waals surface area contributed by atoms with Crippen molar-refractivity contribution in [3.05, 3.63) is 71.9 Å². The number of benzene rings is 2. The van der Waals surface area contributed by atoms with Crippen LogP contribution >= 0.6 is 0 Å². The molecule has 3 nitrogen and oxygen atoms in total. The second-order valence-electron chi connectivity index (χ2n) is 6.03. The molecule has 1 heterocycles. The first kappa shape index (κ1) is 15.3. The van der Waals surface area contributed by atoms with E-state index in [2.05, 4.69) is 41.5 Å². The Morgan fingerprint density at radius 1 is 1.09 bits per heavy atom. The third-order valence-corrected chi connectivity index (χ3v) is 4.14. The highest BCUT2D eigenvalue weighted by atomic mass is 16.1. The quantitative estimate of drug-likeness (QED) is 0.714. The Morgan fingerprint density at radius 3 is 2.65 bits per heavy atom. The van der Waals surface area contributed by atoms with Gasteiger partial charge in [0.15, 0.2) is 0 Å². The summed E-state index contributed by atoms with van der Waals surface area (Å²) in [4.78, 5) is 15.5. The van der Waals surface area contributed by atoms with Crippen molar-refractivity contribution in [3.63, 3.8) is 0 Å². The van der Waals surface area contributed by atoms with Crippen LogP contribution in [0.15, 0.2) is 60.8 Å². The van der Waals surface area contributed by atoms with E-state index in [1.807, 2.05) is 36.5 Å². The van der Waals surface area contributed by atoms with E-state index in [0.29, 0.717) is 6.42 Å². The van der Waals surface area contributed by atoms with Gasteiger partial charge in [-0.1, -0.05) is 48.5 Å². The number of amides is 1. The highest BCUT2D eigenvalue weighted by Gasteiger charge is 2.11. The summed E-state index contributed by atoms with van der Waals surface area (Å²) in [7, 11) is 0. The minimum atomic E-state index is 0.0790. The molecule has 1 atom stereocenters. The summed E-state index contributed by atoms with van der Waals surface area (Å²) in [5.41, 5.74) is 3.44. The second kappa shape index (κ2) is 7.14. The lowest BCUT2D eigenvalue weighted by molar-refractivity contribution is -0.121. The molecule has 1 aromatic heterocycles.